The van der Waals surface area contributed by atoms with Crippen LogP contribution in [0.2, 0.25) is 0 Å². The maximum Gasteiger partial charge on any atom is 0.288 e. The molecule has 0 radical (unpaired) electrons. The second kappa shape index (κ2) is 5.32. The molecule has 1 aromatic rings. The fraction of sp³-hybridized carbons (Fsp3) is 0.222. The van der Waals surface area contributed by atoms with Gasteiger partial charge in [0.15, 0.2) is 0 Å². The standard InChI is InChI=1S/C9H10ClN3O3/c1-2-3-12-9(15)6-5(4-10)13-16-7(6)8(11)14/h2H,1,3-4H2,(H2,11,14)(H,12,15). The van der Waals surface area contributed by atoms with E-state index in [9.17, 15) is 9.59 Å². The van der Waals surface area contributed by atoms with Crippen molar-refractivity contribution >= 4 is 23.4 Å². The largest absolute Gasteiger partial charge is 0.363 e. The Hall–Kier alpha value is -1.82. The molecule has 0 spiro atoms. The highest BCUT2D eigenvalue weighted by molar-refractivity contribution is 6.18. The minimum atomic E-state index is -0.868. The Morgan fingerprint density at radius 2 is 2.31 bits per heavy atom. The molecule has 16 heavy (non-hydrogen) atoms. The number of nitrogens with two attached hydrogens (primary N) is 1. The Morgan fingerprint density at radius 1 is 1.62 bits per heavy atom. The Kier molecular flexibility index (Phi) is 4.07. The molecule has 1 heterocycles. The first-order chi connectivity index (χ1) is 7.61. The number of amides is 2. The molecule has 0 fully saturated rings. The SMILES string of the molecule is C=CCNC(=O)c1c(CCl)noc1C(N)=O. The highest BCUT2D eigenvalue weighted by Crippen LogP contribution is 2.15. The smallest absolute Gasteiger partial charge is 0.288 e. The number of carbonyl (C=O) groups is 2. The number of aromatic nitrogens is 1. The van der Waals surface area contributed by atoms with Gasteiger partial charge in [-0.3, -0.25) is 9.59 Å². The Morgan fingerprint density at radius 3 is 2.81 bits per heavy atom. The number of rotatable bonds is 5. The van der Waals surface area contributed by atoms with Crippen LogP contribution in [-0.2, 0) is 5.88 Å². The van der Waals surface area contributed by atoms with Crippen LogP contribution in [0.3, 0.4) is 0 Å². The summed E-state index contributed by atoms with van der Waals surface area (Å²) in [5.74, 6) is -1.73. The molecule has 0 aromatic carbocycles. The van der Waals surface area contributed by atoms with Gasteiger partial charge in [-0.15, -0.1) is 18.2 Å². The molecule has 0 unspecified atom stereocenters. The summed E-state index contributed by atoms with van der Waals surface area (Å²) in [5.41, 5.74) is 5.19. The summed E-state index contributed by atoms with van der Waals surface area (Å²) in [6.07, 6.45) is 1.50. The minimum absolute atomic E-state index is 0.0237. The van der Waals surface area contributed by atoms with Crippen molar-refractivity contribution in [2.24, 2.45) is 5.73 Å². The number of alkyl halides is 1. The van der Waals surface area contributed by atoms with Crippen molar-refractivity contribution in [1.29, 1.82) is 0 Å². The molecule has 0 bridgehead atoms. The van der Waals surface area contributed by atoms with E-state index in [0.717, 1.165) is 0 Å². The van der Waals surface area contributed by atoms with E-state index in [1.807, 2.05) is 0 Å². The number of halogens is 1. The lowest BCUT2D eigenvalue weighted by Gasteiger charge is -2.01. The molecule has 0 aliphatic heterocycles. The fourth-order valence-electron chi connectivity index (χ4n) is 1.07. The maximum absolute atomic E-state index is 11.6. The van der Waals surface area contributed by atoms with Crippen LogP contribution in [0.5, 0.6) is 0 Å². The summed E-state index contributed by atoms with van der Waals surface area (Å²) in [5, 5.41) is 5.97. The second-order valence-corrected chi connectivity index (χ2v) is 3.10. The number of hydrogen-bond acceptors (Lipinski definition) is 4. The van der Waals surface area contributed by atoms with E-state index in [1.165, 1.54) is 6.08 Å². The van der Waals surface area contributed by atoms with Gasteiger partial charge in [0.2, 0.25) is 5.76 Å². The zero-order valence-corrected chi connectivity index (χ0v) is 9.08. The molecule has 0 saturated carbocycles. The normalized spacial score (nSPS) is 9.81. The molecular weight excluding hydrogens is 234 g/mol. The first-order valence-corrected chi connectivity index (χ1v) is 4.88. The van der Waals surface area contributed by atoms with Gasteiger partial charge in [0.25, 0.3) is 11.8 Å². The maximum atomic E-state index is 11.6. The van der Waals surface area contributed by atoms with Crippen molar-refractivity contribution in [2.75, 3.05) is 6.54 Å². The van der Waals surface area contributed by atoms with Crippen molar-refractivity contribution in [2.45, 2.75) is 5.88 Å². The van der Waals surface area contributed by atoms with Gasteiger partial charge in [0.05, 0.1) is 5.88 Å². The van der Waals surface area contributed by atoms with Crippen molar-refractivity contribution in [3.8, 4) is 0 Å². The molecule has 6 nitrogen and oxygen atoms in total. The average Bonchev–Trinajstić information content (AvgIpc) is 2.69. The highest BCUT2D eigenvalue weighted by atomic mass is 35.5. The van der Waals surface area contributed by atoms with Crippen molar-refractivity contribution < 1.29 is 14.1 Å². The molecule has 1 aromatic heterocycles. The molecule has 7 heteroatoms. The molecule has 0 aliphatic rings. The van der Waals surface area contributed by atoms with Gasteiger partial charge in [0, 0.05) is 6.54 Å². The Balaban J connectivity index is 3.07. The monoisotopic (exact) mass is 243 g/mol. The van der Waals surface area contributed by atoms with E-state index < -0.39 is 11.8 Å². The van der Waals surface area contributed by atoms with Crippen LogP contribution >= 0.6 is 11.6 Å². The van der Waals surface area contributed by atoms with Crippen LogP contribution in [0.15, 0.2) is 17.2 Å². The topological polar surface area (TPSA) is 98.2 Å². The van der Waals surface area contributed by atoms with Gasteiger partial charge in [-0.1, -0.05) is 11.2 Å². The zero-order valence-electron chi connectivity index (χ0n) is 8.33. The van der Waals surface area contributed by atoms with Gasteiger partial charge < -0.3 is 15.6 Å². The van der Waals surface area contributed by atoms with Crippen LogP contribution in [0, 0.1) is 0 Å². The van der Waals surface area contributed by atoms with Crippen molar-refractivity contribution in [3.05, 3.63) is 29.7 Å². The van der Waals surface area contributed by atoms with Crippen LogP contribution < -0.4 is 11.1 Å². The van der Waals surface area contributed by atoms with Crippen LogP contribution in [0.25, 0.3) is 0 Å². The lowest BCUT2D eigenvalue weighted by atomic mass is 10.1. The fourth-order valence-corrected chi connectivity index (χ4v) is 1.25. The Labute approximate surface area is 96.4 Å². The first-order valence-electron chi connectivity index (χ1n) is 4.35. The van der Waals surface area contributed by atoms with E-state index in [0.29, 0.717) is 0 Å². The molecule has 2 amide bonds. The van der Waals surface area contributed by atoms with E-state index in [-0.39, 0.29) is 29.4 Å². The molecular formula is C9H10ClN3O3. The molecule has 0 aliphatic carbocycles. The lowest BCUT2D eigenvalue weighted by Crippen LogP contribution is -2.26. The molecule has 1 rings (SSSR count). The quantitative estimate of drug-likeness (QED) is 0.579. The molecule has 86 valence electrons. The summed E-state index contributed by atoms with van der Waals surface area (Å²) < 4.78 is 4.65. The van der Waals surface area contributed by atoms with Crippen LogP contribution in [0.1, 0.15) is 26.6 Å². The summed E-state index contributed by atoms with van der Waals surface area (Å²) in [4.78, 5) is 22.6. The van der Waals surface area contributed by atoms with E-state index in [2.05, 4.69) is 21.6 Å². The van der Waals surface area contributed by atoms with E-state index >= 15 is 0 Å². The van der Waals surface area contributed by atoms with Crippen LogP contribution in [-0.4, -0.2) is 23.5 Å². The second-order valence-electron chi connectivity index (χ2n) is 2.83. The van der Waals surface area contributed by atoms with E-state index in [1.54, 1.807) is 0 Å². The summed E-state index contributed by atoms with van der Waals surface area (Å²) >= 11 is 5.55. The van der Waals surface area contributed by atoms with Gasteiger partial charge in [-0.2, -0.15) is 0 Å². The van der Waals surface area contributed by atoms with Gasteiger partial charge >= 0.3 is 0 Å². The van der Waals surface area contributed by atoms with Crippen molar-refractivity contribution in [1.82, 2.24) is 10.5 Å². The third-order valence-electron chi connectivity index (χ3n) is 1.75. The molecule has 3 N–H and O–H groups in total. The first kappa shape index (κ1) is 12.3. The number of hydrogen-bond donors (Lipinski definition) is 2. The molecule has 0 atom stereocenters. The third-order valence-corrected chi connectivity index (χ3v) is 2.00. The number of primary amides is 1. The molecule has 0 saturated heterocycles. The average molecular weight is 244 g/mol. The summed E-state index contributed by atoms with van der Waals surface area (Å²) in [7, 11) is 0. The van der Waals surface area contributed by atoms with E-state index in [4.69, 9.17) is 17.3 Å². The van der Waals surface area contributed by atoms with Crippen molar-refractivity contribution in [3.63, 3.8) is 0 Å². The van der Waals surface area contributed by atoms with Crippen LogP contribution in [0.4, 0.5) is 0 Å². The number of nitrogens with zero attached hydrogens (tertiary/aromatic N) is 1. The highest BCUT2D eigenvalue weighted by Gasteiger charge is 2.25. The summed E-state index contributed by atoms with van der Waals surface area (Å²) in [6.45, 7) is 3.70. The van der Waals surface area contributed by atoms with Gasteiger partial charge in [-0.25, -0.2) is 0 Å². The third kappa shape index (κ3) is 2.40. The predicted octanol–water partition coefficient (Wildman–Crippen LogP) is 0.428. The van der Waals surface area contributed by atoms with Gasteiger partial charge in [0.1, 0.15) is 11.3 Å². The summed E-state index contributed by atoms with van der Waals surface area (Å²) in [6, 6.07) is 0. The lowest BCUT2D eigenvalue weighted by molar-refractivity contribution is 0.0923. The number of nitrogens with one attached hydrogen (secondary N) is 1. The van der Waals surface area contributed by atoms with Gasteiger partial charge in [-0.05, 0) is 0 Å². The zero-order chi connectivity index (χ0) is 12.1. The predicted molar refractivity (Wildman–Crippen MR) is 57.1 cm³/mol. The number of carbonyl (C=O) groups excluding carboxylic acids is 2. The Bertz CT molecular complexity index is 428. The minimum Gasteiger partial charge on any atom is -0.363 e.